The van der Waals surface area contributed by atoms with Gasteiger partial charge in [-0.2, -0.15) is 0 Å². The molecule has 1 atom stereocenters. The van der Waals surface area contributed by atoms with Gasteiger partial charge >= 0.3 is 0 Å². The number of carbonyl (C=O) groups excluding carboxylic acids is 1. The molecule has 1 nitrogen and oxygen atoms in total. The van der Waals surface area contributed by atoms with Crippen molar-refractivity contribution < 1.29 is 4.79 Å². The van der Waals surface area contributed by atoms with Crippen LogP contribution in [-0.2, 0) is 4.79 Å². The number of aldehydes is 1. The largest absolute Gasteiger partial charge is 0.303 e. The summed E-state index contributed by atoms with van der Waals surface area (Å²) in [6, 6.07) is 0. The summed E-state index contributed by atoms with van der Waals surface area (Å²) >= 11 is 5.80. The molecule has 0 bridgehead atoms. The topological polar surface area (TPSA) is 17.1 Å². The maximum absolute atomic E-state index is 10.4. The van der Waals surface area contributed by atoms with Gasteiger partial charge in [-0.1, -0.05) is 25.5 Å². The molecule has 1 aliphatic carbocycles. The van der Waals surface area contributed by atoms with Crippen molar-refractivity contribution in [1.82, 2.24) is 0 Å². The molecule has 1 rings (SSSR count). The Labute approximate surface area is 78.8 Å². The maximum Gasteiger partial charge on any atom is 0.120 e. The summed E-state index contributed by atoms with van der Waals surface area (Å²) in [5, 5.41) is 0. The summed E-state index contributed by atoms with van der Waals surface area (Å²) in [5.74, 6) is 1.06. The Morgan fingerprint density at radius 2 is 2.42 bits per heavy atom. The average Bonchev–Trinajstić information content (AvgIpc) is 2.28. The Hall–Kier alpha value is -0.300. The predicted molar refractivity (Wildman–Crippen MR) is 51.4 cm³/mol. The standard InChI is InChI=1S/C10H15ClO/c1-10(2)8(5-6-12)3-4-9(10)7-11/h4,6,8H,3,5,7H2,1-2H3. The third kappa shape index (κ3) is 1.56. The fourth-order valence-electron chi connectivity index (χ4n) is 1.84. The van der Waals surface area contributed by atoms with Gasteiger partial charge in [0.1, 0.15) is 6.29 Å². The molecule has 0 amide bonds. The van der Waals surface area contributed by atoms with Gasteiger partial charge in [0, 0.05) is 12.3 Å². The molecule has 0 N–H and O–H groups in total. The lowest BCUT2D eigenvalue weighted by atomic mass is 9.76. The molecule has 0 heterocycles. The second kappa shape index (κ2) is 3.61. The number of carbonyl (C=O) groups is 1. The molecule has 1 aliphatic rings. The minimum Gasteiger partial charge on any atom is -0.303 e. The fraction of sp³-hybridized carbons (Fsp3) is 0.700. The normalized spacial score (nSPS) is 26.9. The molecular weight excluding hydrogens is 172 g/mol. The number of hydrogen-bond acceptors (Lipinski definition) is 1. The lowest BCUT2D eigenvalue weighted by Crippen LogP contribution is -2.22. The summed E-state index contributed by atoms with van der Waals surface area (Å²) in [7, 11) is 0. The van der Waals surface area contributed by atoms with Crippen LogP contribution in [0.25, 0.3) is 0 Å². The molecule has 0 fully saturated rings. The van der Waals surface area contributed by atoms with Crippen molar-refractivity contribution in [1.29, 1.82) is 0 Å². The van der Waals surface area contributed by atoms with Gasteiger partial charge in [-0.25, -0.2) is 0 Å². The SMILES string of the molecule is CC1(C)C(CCl)=CCC1CC=O. The molecule has 0 spiro atoms. The molecule has 0 saturated heterocycles. The molecule has 0 saturated carbocycles. The highest BCUT2D eigenvalue weighted by molar-refractivity contribution is 6.19. The molecule has 68 valence electrons. The van der Waals surface area contributed by atoms with Crippen LogP contribution < -0.4 is 0 Å². The Kier molecular flexibility index (Phi) is 2.94. The number of alkyl halides is 1. The van der Waals surface area contributed by atoms with Crippen LogP contribution in [0.1, 0.15) is 26.7 Å². The van der Waals surface area contributed by atoms with Crippen LogP contribution in [0.15, 0.2) is 11.6 Å². The van der Waals surface area contributed by atoms with Crippen LogP contribution in [0.4, 0.5) is 0 Å². The molecule has 2 heteroatoms. The first-order chi connectivity index (χ1) is 5.62. The minimum absolute atomic E-state index is 0.128. The van der Waals surface area contributed by atoms with Crippen molar-refractivity contribution in [3.05, 3.63) is 11.6 Å². The first kappa shape index (κ1) is 9.79. The highest BCUT2D eigenvalue weighted by Crippen LogP contribution is 2.44. The van der Waals surface area contributed by atoms with E-state index in [0.29, 0.717) is 18.2 Å². The van der Waals surface area contributed by atoms with E-state index in [-0.39, 0.29) is 5.41 Å². The summed E-state index contributed by atoms with van der Waals surface area (Å²) in [6.07, 6.45) is 4.86. The molecular formula is C10H15ClO. The number of halogens is 1. The van der Waals surface area contributed by atoms with Gasteiger partial charge in [0.05, 0.1) is 0 Å². The summed E-state index contributed by atoms with van der Waals surface area (Å²) in [6.45, 7) is 4.34. The van der Waals surface area contributed by atoms with Crippen molar-refractivity contribution in [3.8, 4) is 0 Å². The van der Waals surface area contributed by atoms with Crippen molar-refractivity contribution >= 4 is 17.9 Å². The maximum atomic E-state index is 10.4. The van der Waals surface area contributed by atoms with Crippen LogP contribution in [0.5, 0.6) is 0 Å². The number of allylic oxidation sites excluding steroid dienone is 2. The average molecular weight is 187 g/mol. The molecule has 0 aromatic heterocycles. The number of hydrogen-bond donors (Lipinski definition) is 0. The van der Waals surface area contributed by atoms with Crippen molar-refractivity contribution in [2.45, 2.75) is 26.7 Å². The van der Waals surface area contributed by atoms with Crippen molar-refractivity contribution in [2.75, 3.05) is 5.88 Å². The van der Waals surface area contributed by atoms with Gasteiger partial charge in [-0.05, 0) is 17.8 Å². The number of rotatable bonds is 3. The van der Waals surface area contributed by atoms with Gasteiger partial charge in [0.15, 0.2) is 0 Å². The second-order valence-corrected chi connectivity index (χ2v) is 4.19. The highest BCUT2D eigenvalue weighted by Gasteiger charge is 2.35. The Bertz CT molecular complexity index is 206. The quantitative estimate of drug-likeness (QED) is 0.376. The Morgan fingerprint density at radius 1 is 1.75 bits per heavy atom. The Balaban J connectivity index is 2.71. The highest BCUT2D eigenvalue weighted by atomic mass is 35.5. The molecule has 0 aromatic rings. The van der Waals surface area contributed by atoms with Crippen LogP contribution in [0, 0.1) is 11.3 Å². The minimum atomic E-state index is 0.128. The third-order valence-corrected chi connectivity index (χ3v) is 3.31. The monoisotopic (exact) mass is 186 g/mol. The van der Waals surface area contributed by atoms with Crippen molar-refractivity contribution in [3.63, 3.8) is 0 Å². The first-order valence-corrected chi connectivity index (χ1v) is 4.85. The van der Waals surface area contributed by atoms with Gasteiger partial charge in [0.2, 0.25) is 0 Å². The zero-order valence-electron chi connectivity index (χ0n) is 7.64. The molecule has 0 aromatic carbocycles. The van der Waals surface area contributed by atoms with E-state index in [1.54, 1.807) is 0 Å². The van der Waals surface area contributed by atoms with E-state index in [0.717, 1.165) is 12.7 Å². The molecule has 0 radical (unpaired) electrons. The van der Waals surface area contributed by atoms with Crippen molar-refractivity contribution in [2.24, 2.45) is 11.3 Å². The summed E-state index contributed by atoms with van der Waals surface area (Å²) < 4.78 is 0. The lowest BCUT2D eigenvalue weighted by molar-refractivity contribution is -0.109. The van der Waals surface area contributed by atoms with Crippen LogP contribution in [0.2, 0.25) is 0 Å². The Morgan fingerprint density at radius 3 is 2.83 bits per heavy atom. The van der Waals surface area contributed by atoms with Gasteiger partial charge in [-0.15, -0.1) is 11.6 Å². The smallest absolute Gasteiger partial charge is 0.120 e. The van der Waals surface area contributed by atoms with Gasteiger partial charge < -0.3 is 4.79 Å². The first-order valence-electron chi connectivity index (χ1n) is 4.32. The fourth-order valence-corrected chi connectivity index (χ4v) is 2.29. The van der Waals surface area contributed by atoms with Crippen LogP contribution in [-0.4, -0.2) is 12.2 Å². The van der Waals surface area contributed by atoms with E-state index in [9.17, 15) is 4.79 Å². The van der Waals surface area contributed by atoms with Crippen LogP contribution in [0.3, 0.4) is 0 Å². The molecule has 1 unspecified atom stereocenters. The van der Waals surface area contributed by atoms with Gasteiger partial charge in [-0.3, -0.25) is 0 Å². The zero-order valence-corrected chi connectivity index (χ0v) is 8.40. The molecule has 0 aliphatic heterocycles. The van der Waals surface area contributed by atoms with E-state index in [4.69, 9.17) is 11.6 Å². The van der Waals surface area contributed by atoms with E-state index in [1.807, 2.05) is 0 Å². The summed E-state index contributed by atoms with van der Waals surface area (Å²) in [5.41, 5.74) is 1.42. The van der Waals surface area contributed by atoms with Gasteiger partial charge in [0.25, 0.3) is 0 Å². The van der Waals surface area contributed by atoms with Crippen LogP contribution >= 0.6 is 11.6 Å². The summed E-state index contributed by atoms with van der Waals surface area (Å²) in [4.78, 5) is 10.4. The lowest BCUT2D eigenvalue weighted by Gasteiger charge is -2.28. The second-order valence-electron chi connectivity index (χ2n) is 3.92. The van der Waals surface area contributed by atoms with E-state index in [2.05, 4.69) is 19.9 Å². The van der Waals surface area contributed by atoms with E-state index < -0.39 is 0 Å². The van der Waals surface area contributed by atoms with E-state index in [1.165, 1.54) is 5.57 Å². The third-order valence-electron chi connectivity index (χ3n) is 3.02. The molecule has 12 heavy (non-hydrogen) atoms. The predicted octanol–water partition coefficient (Wildman–Crippen LogP) is 2.79. The van der Waals surface area contributed by atoms with E-state index >= 15 is 0 Å². The zero-order chi connectivity index (χ0) is 9.19.